The van der Waals surface area contributed by atoms with Crippen molar-refractivity contribution in [2.75, 3.05) is 5.73 Å². The molecule has 0 fully saturated rings. The number of hydrogen-bond donors (Lipinski definition) is 2. The Labute approximate surface area is 98.9 Å². The molecular weight excluding hydrogens is 253 g/mol. The van der Waals surface area contributed by atoms with E-state index in [1.807, 2.05) is 6.07 Å². The normalized spacial score (nSPS) is 10.2. The van der Waals surface area contributed by atoms with Gasteiger partial charge in [0.2, 0.25) is 0 Å². The van der Waals surface area contributed by atoms with Gasteiger partial charge >= 0.3 is 98.6 Å². The van der Waals surface area contributed by atoms with Crippen LogP contribution in [-0.4, -0.2) is 25.6 Å². The summed E-state index contributed by atoms with van der Waals surface area (Å²) in [5, 5.41) is 9.61. The van der Waals surface area contributed by atoms with Crippen LogP contribution in [0.5, 0.6) is 5.75 Å². The number of phenolic OH excluding ortho intramolecular Hbond substituents is 1. The number of aryl methyl sites for hydroxylation is 1. The van der Waals surface area contributed by atoms with Crippen molar-refractivity contribution >= 4 is 26.2 Å². The Kier molecular flexibility index (Phi) is 4.86. The third-order valence-electron chi connectivity index (χ3n) is 2.45. The zero-order valence-electron chi connectivity index (χ0n) is 8.99. The second-order valence-electron chi connectivity index (χ2n) is 3.69. The molecule has 0 aromatic heterocycles. The average Bonchev–Trinajstić information content (AvgIpc) is 2.23. The topological polar surface area (TPSA) is 46.2 Å². The van der Waals surface area contributed by atoms with Gasteiger partial charge in [-0.05, 0) is 0 Å². The third kappa shape index (κ3) is 3.36. The van der Waals surface area contributed by atoms with Crippen molar-refractivity contribution in [1.82, 2.24) is 0 Å². The maximum absolute atomic E-state index is 9.61. The number of rotatable bonds is 5. The Morgan fingerprint density at radius 2 is 2.13 bits per heavy atom. The van der Waals surface area contributed by atoms with Gasteiger partial charge < -0.3 is 0 Å². The number of aromatic hydroxyl groups is 1. The van der Waals surface area contributed by atoms with Crippen molar-refractivity contribution in [2.45, 2.75) is 32.6 Å². The van der Waals surface area contributed by atoms with E-state index in [-0.39, 0.29) is 5.75 Å². The van der Waals surface area contributed by atoms with Crippen LogP contribution in [0, 0.1) is 0 Å². The van der Waals surface area contributed by atoms with Crippen LogP contribution in [0.15, 0.2) is 12.1 Å². The van der Waals surface area contributed by atoms with E-state index in [1.165, 1.54) is 12.8 Å². The number of nitrogen functional groups attached to an aromatic ring is 1. The molecule has 0 heterocycles. The second-order valence-corrected chi connectivity index (χ2v) is 4.19. The summed E-state index contributed by atoms with van der Waals surface area (Å²) < 4.78 is 0. The monoisotopic (exact) mass is 271 g/mol. The van der Waals surface area contributed by atoms with Gasteiger partial charge in [0.1, 0.15) is 0 Å². The molecule has 0 saturated carbocycles. The van der Waals surface area contributed by atoms with E-state index in [1.54, 1.807) is 11.0 Å². The summed E-state index contributed by atoms with van der Waals surface area (Å²) in [5.41, 5.74) is 8.19. The summed E-state index contributed by atoms with van der Waals surface area (Å²) in [6.07, 6.45) is 4.60. The van der Waals surface area contributed by atoms with Gasteiger partial charge in [0.15, 0.2) is 0 Å². The molecule has 3 N–H and O–H groups in total. The van der Waals surface area contributed by atoms with Crippen molar-refractivity contribution in [3.63, 3.8) is 0 Å². The standard InChI is InChI=1S/C12H17NOSe/c1-2-3-4-5-9-6-10(8-15)12(13)11(14)7-9/h6-8,14H,2-5,13H2,1H3. The molecule has 82 valence electrons. The van der Waals surface area contributed by atoms with Crippen molar-refractivity contribution in [2.24, 2.45) is 0 Å². The second kappa shape index (κ2) is 5.94. The van der Waals surface area contributed by atoms with Crippen LogP contribution in [0.2, 0.25) is 0 Å². The molecule has 0 radical (unpaired) electrons. The molecule has 0 aliphatic heterocycles. The minimum atomic E-state index is 0.186. The van der Waals surface area contributed by atoms with E-state index in [0.717, 1.165) is 24.0 Å². The Morgan fingerprint density at radius 1 is 1.40 bits per heavy atom. The van der Waals surface area contributed by atoms with Gasteiger partial charge in [0.05, 0.1) is 0 Å². The van der Waals surface area contributed by atoms with Crippen LogP contribution in [-0.2, 0) is 6.42 Å². The number of benzene rings is 1. The molecule has 2 nitrogen and oxygen atoms in total. The van der Waals surface area contributed by atoms with Crippen LogP contribution in [0.1, 0.15) is 37.3 Å². The summed E-state index contributed by atoms with van der Waals surface area (Å²) in [6, 6.07) is 3.79. The van der Waals surface area contributed by atoms with Gasteiger partial charge in [0, 0.05) is 0 Å². The Hall–Kier alpha value is -0.791. The zero-order chi connectivity index (χ0) is 11.3. The van der Waals surface area contributed by atoms with Crippen molar-refractivity contribution in [3.05, 3.63) is 23.3 Å². The van der Waals surface area contributed by atoms with Gasteiger partial charge in [0.25, 0.3) is 0 Å². The molecule has 0 atom stereocenters. The fourth-order valence-electron chi connectivity index (χ4n) is 1.54. The van der Waals surface area contributed by atoms with E-state index in [0.29, 0.717) is 5.69 Å². The minimum absolute atomic E-state index is 0.186. The quantitative estimate of drug-likeness (QED) is 0.372. The zero-order valence-corrected chi connectivity index (χ0v) is 10.7. The Bertz CT molecular complexity index is 350. The summed E-state index contributed by atoms with van der Waals surface area (Å²) in [6.45, 7) is 2.18. The van der Waals surface area contributed by atoms with Gasteiger partial charge in [-0.3, -0.25) is 0 Å². The number of unbranched alkanes of at least 4 members (excludes halogenated alkanes) is 2. The first-order chi connectivity index (χ1) is 7.19. The van der Waals surface area contributed by atoms with Crippen LogP contribution >= 0.6 is 0 Å². The molecule has 0 bridgehead atoms. The Balaban J connectivity index is 2.81. The van der Waals surface area contributed by atoms with Crippen LogP contribution < -0.4 is 5.73 Å². The number of hydrogen-bond acceptors (Lipinski definition) is 2. The molecular formula is C12H17NOSe. The molecule has 0 unspecified atom stereocenters. The number of nitrogens with two attached hydrogens (primary N) is 1. The number of anilines is 1. The number of phenols is 1. The summed E-state index contributed by atoms with van der Waals surface area (Å²) in [7, 11) is 0. The molecule has 0 aliphatic rings. The van der Waals surface area contributed by atoms with Crippen LogP contribution in [0.3, 0.4) is 0 Å². The van der Waals surface area contributed by atoms with E-state index in [9.17, 15) is 5.11 Å². The molecule has 15 heavy (non-hydrogen) atoms. The van der Waals surface area contributed by atoms with E-state index < -0.39 is 0 Å². The van der Waals surface area contributed by atoms with E-state index in [4.69, 9.17) is 5.73 Å². The first kappa shape index (κ1) is 12.3. The van der Waals surface area contributed by atoms with Crippen LogP contribution in [0.4, 0.5) is 5.69 Å². The molecule has 0 saturated heterocycles. The predicted octanol–water partition coefficient (Wildman–Crippen LogP) is 2.03. The van der Waals surface area contributed by atoms with Crippen LogP contribution in [0.25, 0.3) is 0 Å². The third-order valence-corrected chi connectivity index (χ3v) is 2.98. The average molecular weight is 270 g/mol. The van der Waals surface area contributed by atoms with E-state index in [2.05, 4.69) is 22.5 Å². The molecule has 0 spiro atoms. The van der Waals surface area contributed by atoms with Gasteiger partial charge in [-0.25, -0.2) is 0 Å². The molecule has 0 amide bonds. The fraction of sp³-hybridized carbons (Fsp3) is 0.417. The SMILES string of the molecule is CCCCCc1cc(O)c(N)c(C=[Se])c1. The molecule has 3 heteroatoms. The first-order valence-electron chi connectivity index (χ1n) is 5.25. The van der Waals surface area contributed by atoms with Gasteiger partial charge in [-0.1, -0.05) is 0 Å². The summed E-state index contributed by atoms with van der Waals surface area (Å²) in [4.78, 5) is 1.80. The fourth-order valence-corrected chi connectivity index (χ4v) is 1.95. The Morgan fingerprint density at radius 3 is 2.73 bits per heavy atom. The van der Waals surface area contributed by atoms with Crippen molar-refractivity contribution in [1.29, 1.82) is 0 Å². The summed E-state index contributed by atoms with van der Waals surface area (Å²) in [5.74, 6) is 0.186. The molecule has 0 aliphatic carbocycles. The molecule has 1 aromatic carbocycles. The van der Waals surface area contributed by atoms with Crippen molar-refractivity contribution in [3.8, 4) is 5.75 Å². The first-order valence-corrected chi connectivity index (χ1v) is 6.24. The van der Waals surface area contributed by atoms with Gasteiger partial charge in [-0.2, -0.15) is 0 Å². The molecule has 1 aromatic rings. The summed E-state index contributed by atoms with van der Waals surface area (Å²) >= 11 is 2.81. The van der Waals surface area contributed by atoms with Gasteiger partial charge in [-0.15, -0.1) is 0 Å². The van der Waals surface area contributed by atoms with Crippen molar-refractivity contribution < 1.29 is 5.11 Å². The molecule has 1 rings (SSSR count). The maximum atomic E-state index is 9.61. The predicted molar refractivity (Wildman–Crippen MR) is 66.7 cm³/mol. The van der Waals surface area contributed by atoms with E-state index >= 15 is 0 Å².